The van der Waals surface area contributed by atoms with Crippen LogP contribution < -0.4 is 10.6 Å². The molecule has 2 aromatic rings. The zero-order valence-corrected chi connectivity index (χ0v) is 12.4. The van der Waals surface area contributed by atoms with Crippen molar-refractivity contribution in [1.82, 2.24) is 5.32 Å². The van der Waals surface area contributed by atoms with Crippen LogP contribution in [0.2, 0.25) is 5.02 Å². The molecule has 110 valence electrons. The maximum Gasteiger partial charge on any atom is 0.251 e. The second-order valence-electron chi connectivity index (χ2n) is 4.57. The number of anilines is 1. The number of nitrogens with one attached hydrogen (secondary N) is 2. The van der Waals surface area contributed by atoms with Crippen LogP contribution in [0.25, 0.3) is 0 Å². The van der Waals surface area contributed by atoms with Gasteiger partial charge in [-0.1, -0.05) is 17.7 Å². The Morgan fingerprint density at radius 2 is 2.05 bits per heavy atom. The van der Waals surface area contributed by atoms with Crippen LogP contribution >= 0.6 is 11.6 Å². The van der Waals surface area contributed by atoms with Crippen molar-refractivity contribution in [3.05, 3.63) is 64.4 Å². The minimum atomic E-state index is -0.365. The first-order valence-corrected chi connectivity index (χ1v) is 7.03. The Kier molecular flexibility index (Phi) is 5.17. The Bertz CT molecular complexity index is 626. The zero-order chi connectivity index (χ0) is 15.2. The van der Waals surface area contributed by atoms with E-state index in [2.05, 4.69) is 10.6 Å². The second-order valence-corrected chi connectivity index (χ2v) is 5.01. The van der Waals surface area contributed by atoms with E-state index in [1.807, 2.05) is 13.0 Å². The van der Waals surface area contributed by atoms with E-state index in [0.29, 0.717) is 23.7 Å². The molecule has 0 aliphatic rings. The third-order valence-electron chi connectivity index (χ3n) is 2.88. The molecule has 0 radical (unpaired) electrons. The fourth-order valence-corrected chi connectivity index (χ4v) is 2.19. The lowest BCUT2D eigenvalue weighted by Gasteiger charge is -2.09. The van der Waals surface area contributed by atoms with Gasteiger partial charge in [-0.25, -0.2) is 4.39 Å². The molecule has 0 atom stereocenters. The molecule has 2 N–H and O–H groups in total. The maximum absolute atomic E-state index is 13.2. The Morgan fingerprint density at radius 1 is 1.24 bits per heavy atom. The van der Waals surface area contributed by atoms with Gasteiger partial charge in [0.05, 0.1) is 0 Å². The SMILES string of the molecule is CCNC(=O)c1cccc(NCc2cc(F)cc(Cl)c2)c1. The van der Waals surface area contributed by atoms with Gasteiger partial charge in [0.1, 0.15) is 5.82 Å². The average molecular weight is 307 g/mol. The fraction of sp³-hybridized carbons (Fsp3) is 0.188. The molecule has 0 unspecified atom stereocenters. The van der Waals surface area contributed by atoms with Crippen LogP contribution in [-0.4, -0.2) is 12.5 Å². The summed E-state index contributed by atoms with van der Waals surface area (Å²) in [5.41, 5.74) is 2.11. The largest absolute Gasteiger partial charge is 0.381 e. The highest BCUT2D eigenvalue weighted by atomic mass is 35.5. The summed E-state index contributed by atoms with van der Waals surface area (Å²) in [5.74, 6) is -0.481. The lowest BCUT2D eigenvalue weighted by Crippen LogP contribution is -2.22. The van der Waals surface area contributed by atoms with Crippen molar-refractivity contribution < 1.29 is 9.18 Å². The lowest BCUT2D eigenvalue weighted by atomic mass is 10.1. The van der Waals surface area contributed by atoms with E-state index in [1.54, 1.807) is 24.3 Å². The highest BCUT2D eigenvalue weighted by Crippen LogP contribution is 2.16. The Morgan fingerprint density at radius 3 is 2.76 bits per heavy atom. The van der Waals surface area contributed by atoms with Gasteiger partial charge in [-0.05, 0) is 48.9 Å². The molecule has 0 aliphatic heterocycles. The Labute approximate surface area is 128 Å². The van der Waals surface area contributed by atoms with Crippen LogP contribution in [0.1, 0.15) is 22.8 Å². The van der Waals surface area contributed by atoms with E-state index in [4.69, 9.17) is 11.6 Å². The quantitative estimate of drug-likeness (QED) is 0.881. The van der Waals surface area contributed by atoms with Crippen LogP contribution in [0, 0.1) is 5.82 Å². The van der Waals surface area contributed by atoms with Crippen LogP contribution in [0.15, 0.2) is 42.5 Å². The molecule has 3 nitrogen and oxygen atoms in total. The fourth-order valence-electron chi connectivity index (χ4n) is 1.95. The smallest absolute Gasteiger partial charge is 0.251 e. The van der Waals surface area contributed by atoms with Gasteiger partial charge in [-0.15, -0.1) is 0 Å². The molecular weight excluding hydrogens is 291 g/mol. The number of carbonyl (C=O) groups excluding carboxylic acids is 1. The van der Waals surface area contributed by atoms with Gasteiger partial charge in [-0.3, -0.25) is 4.79 Å². The maximum atomic E-state index is 13.2. The molecule has 0 heterocycles. The number of hydrogen-bond donors (Lipinski definition) is 2. The van der Waals surface area contributed by atoms with Gasteiger partial charge in [0.15, 0.2) is 0 Å². The molecule has 0 fully saturated rings. The second kappa shape index (κ2) is 7.09. The number of carbonyl (C=O) groups is 1. The normalized spacial score (nSPS) is 10.2. The molecule has 0 aromatic heterocycles. The Hall–Kier alpha value is -2.07. The molecule has 2 aromatic carbocycles. The first kappa shape index (κ1) is 15.3. The van der Waals surface area contributed by atoms with Crippen molar-refractivity contribution in [3.63, 3.8) is 0 Å². The van der Waals surface area contributed by atoms with Crippen LogP contribution in [0.3, 0.4) is 0 Å². The van der Waals surface area contributed by atoms with Gasteiger partial charge < -0.3 is 10.6 Å². The van der Waals surface area contributed by atoms with E-state index < -0.39 is 0 Å². The topological polar surface area (TPSA) is 41.1 Å². The Balaban J connectivity index is 2.06. The molecule has 0 saturated heterocycles. The molecule has 0 saturated carbocycles. The van der Waals surface area contributed by atoms with Crippen LogP contribution in [-0.2, 0) is 6.54 Å². The minimum absolute atomic E-state index is 0.116. The highest BCUT2D eigenvalue weighted by molar-refractivity contribution is 6.30. The summed E-state index contributed by atoms with van der Waals surface area (Å²) in [4.78, 5) is 11.8. The van der Waals surface area contributed by atoms with Gasteiger partial charge in [0, 0.05) is 29.4 Å². The first-order valence-electron chi connectivity index (χ1n) is 6.65. The summed E-state index contributed by atoms with van der Waals surface area (Å²) in [6.45, 7) is 2.88. The lowest BCUT2D eigenvalue weighted by molar-refractivity contribution is 0.0956. The zero-order valence-electron chi connectivity index (χ0n) is 11.6. The molecule has 1 amide bonds. The molecule has 0 bridgehead atoms. The van der Waals surface area contributed by atoms with E-state index in [-0.39, 0.29) is 11.7 Å². The van der Waals surface area contributed by atoms with Crippen molar-refractivity contribution in [2.45, 2.75) is 13.5 Å². The average Bonchev–Trinajstić information content (AvgIpc) is 2.45. The van der Waals surface area contributed by atoms with Crippen molar-refractivity contribution in [3.8, 4) is 0 Å². The number of hydrogen-bond acceptors (Lipinski definition) is 2. The third-order valence-corrected chi connectivity index (χ3v) is 3.10. The molecular formula is C16H16ClFN2O. The predicted octanol–water partition coefficient (Wildman–Crippen LogP) is 3.84. The van der Waals surface area contributed by atoms with Crippen molar-refractivity contribution in [2.75, 3.05) is 11.9 Å². The minimum Gasteiger partial charge on any atom is -0.381 e. The summed E-state index contributed by atoms with van der Waals surface area (Å²) in [6, 6.07) is 11.5. The molecule has 5 heteroatoms. The van der Waals surface area contributed by atoms with Gasteiger partial charge >= 0.3 is 0 Å². The molecule has 2 rings (SSSR count). The van der Waals surface area contributed by atoms with Crippen molar-refractivity contribution in [1.29, 1.82) is 0 Å². The van der Waals surface area contributed by atoms with Crippen molar-refractivity contribution in [2.24, 2.45) is 0 Å². The highest BCUT2D eigenvalue weighted by Gasteiger charge is 2.05. The first-order chi connectivity index (χ1) is 10.1. The summed E-state index contributed by atoms with van der Waals surface area (Å²) in [7, 11) is 0. The van der Waals surface area contributed by atoms with Gasteiger partial charge in [0.25, 0.3) is 5.91 Å². The van der Waals surface area contributed by atoms with E-state index in [9.17, 15) is 9.18 Å². The number of rotatable bonds is 5. The van der Waals surface area contributed by atoms with Gasteiger partial charge in [-0.2, -0.15) is 0 Å². The summed E-state index contributed by atoms with van der Waals surface area (Å²) in [6.07, 6.45) is 0. The van der Waals surface area contributed by atoms with Gasteiger partial charge in [0.2, 0.25) is 0 Å². The van der Waals surface area contributed by atoms with E-state index in [1.165, 1.54) is 12.1 Å². The monoisotopic (exact) mass is 306 g/mol. The number of benzene rings is 2. The van der Waals surface area contributed by atoms with Crippen LogP contribution in [0.5, 0.6) is 0 Å². The third kappa shape index (κ3) is 4.46. The van der Waals surface area contributed by atoms with E-state index in [0.717, 1.165) is 11.3 Å². The van der Waals surface area contributed by atoms with E-state index >= 15 is 0 Å². The van der Waals surface area contributed by atoms with Crippen LogP contribution in [0.4, 0.5) is 10.1 Å². The molecule has 0 aliphatic carbocycles. The standard InChI is InChI=1S/C16H16ClFN2O/c1-2-19-16(21)12-4-3-5-15(8-12)20-10-11-6-13(17)9-14(18)7-11/h3-9,20H,2,10H2,1H3,(H,19,21). The van der Waals surface area contributed by atoms with Crippen molar-refractivity contribution >= 4 is 23.2 Å². The molecule has 0 spiro atoms. The summed E-state index contributed by atoms with van der Waals surface area (Å²) in [5, 5.41) is 6.26. The molecule has 21 heavy (non-hydrogen) atoms. The number of amides is 1. The predicted molar refractivity (Wildman–Crippen MR) is 83.2 cm³/mol. The summed E-state index contributed by atoms with van der Waals surface area (Å²) >= 11 is 5.81. The summed E-state index contributed by atoms with van der Waals surface area (Å²) < 4.78 is 13.2. The number of halogens is 2.